The molecular weight excluding hydrogens is 392 g/mol. The molecular formula is C25H20N2O4. The van der Waals surface area contributed by atoms with Crippen molar-refractivity contribution < 1.29 is 14.5 Å². The molecule has 2 aromatic carbocycles. The van der Waals surface area contributed by atoms with Crippen LogP contribution in [0.4, 0.5) is 5.69 Å². The Hall–Kier alpha value is -3.54. The molecule has 1 aliphatic heterocycles. The summed E-state index contributed by atoms with van der Waals surface area (Å²) < 4.78 is 0. The fraction of sp³-hybridized carbons (Fsp3) is 0.280. The summed E-state index contributed by atoms with van der Waals surface area (Å²) in [5, 5.41) is 11.1. The molecule has 6 rings (SSSR count). The zero-order valence-corrected chi connectivity index (χ0v) is 16.8. The Labute approximate surface area is 179 Å². The van der Waals surface area contributed by atoms with Crippen LogP contribution in [-0.2, 0) is 4.79 Å². The molecule has 154 valence electrons. The number of nitro groups is 1. The summed E-state index contributed by atoms with van der Waals surface area (Å²) in [6.07, 6.45) is 4.21. The Morgan fingerprint density at radius 3 is 2.29 bits per heavy atom. The minimum absolute atomic E-state index is 0.00132. The van der Waals surface area contributed by atoms with E-state index in [0.717, 1.165) is 48.2 Å². The van der Waals surface area contributed by atoms with Crippen molar-refractivity contribution in [3.63, 3.8) is 0 Å². The van der Waals surface area contributed by atoms with Crippen molar-refractivity contribution in [2.45, 2.75) is 44.1 Å². The van der Waals surface area contributed by atoms with Gasteiger partial charge in [0.15, 0.2) is 11.6 Å². The molecule has 3 aliphatic carbocycles. The number of Topliss-reactive ketones (excluding diaryl/α,β-unsaturated/α-hetero) is 2. The minimum atomic E-state index is -0.478. The zero-order chi connectivity index (χ0) is 21.3. The van der Waals surface area contributed by atoms with Crippen molar-refractivity contribution in [3.8, 4) is 0 Å². The second kappa shape index (κ2) is 6.48. The normalized spacial score (nSPS) is 22.5. The van der Waals surface area contributed by atoms with Crippen molar-refractivity contribution in [1.29, 1.82) is 0 Å². The summed E-state index contributed by atoms with van der Waals surface area (Å²) in [5.41, 5.74) is 5.73. The predicted octanol–water partition coefficient (Wildman–Crippen LogP) is 4.77. The number of ketones is 2. The number of carbonyl (C=O) groups is 2. The fourth-order valence-corrected chi connectivity index (χ4v) is 5.37. The number of non-ortho nitro benzene ring substituents is 1. The van der Waals surface area contributed by atoms with Crippen LogP contribution in [0.5, 0.6) is 0 Å². The van der Waals surface area contributed by atoms with Crippen molar-refractivity contribution in [2.75, 3.05) is 0 Å². The number of rotatable bonds is 3. The monoisotopic (exact) mass is 412 g/mol. The van der Waals surface area contributed by atoms with E-state index < -0.39 is 10.8 Å². The van der Waals surface area contributed by atoms with Gasteiger partial charge in [0.05, 0.1) is 10.6 Å². The van der Waals surface area contributed by atoms with E-state index in [4.69, 9.17) is 0 Å². The highest BCUT2D eigenvalue weighted by molar-refractivity contribution is 6.23. The number of fused-ring (bicyclic) bond motifs is 2. The number of hydrogen-bond donors (Lipinski definition) is 0. The van der Waals surface area contributed by atoms with Gasteiger partial charge >= 0.3 is 0 Å². The second-order valence-electron chi connectivity index (χ2n) is 8.66. The number of benzene rings is 2. The molecule has 4 aliphatic rings. The first-order valence-electron chi connectivity index (χ1n) is 10.7. The average Bonchev–Trinajstić information content (AvgIpc) is 3.58. The number of hydrogen-bond acceptors (Lipinski definition) is 5. The summed E-state index contributed by atoms with van der Waals surface area (Å²) in [6.45, 7) is 0. The third-order valence-corrected chi connectivity index (χ3v) is 6.81. The molecule has 0 N–H and O–H groups in total. The number of carbonyl (C=O) groups excluding carboxylic acids is 2. The summed E-state index contributed by atoms with van der Waals surface area (Å²) in [6, 6.07) is 14.3. The molecule has 0 radical (unpaired) electrons. The molecule has 0 spiro atoms. The Bertz CT molecular complexity index is 1230. The van der Waals surface area contributed by atoms with Crippen LogP contribution in [0.2, 0.25) is 0 Å². The lowest BCUT2D eigenvalue weighted by atomic mass is 9.74. The molecule has 2 aromatic rings. The third-order valence-electron chi connectivity index (χ3n) is 6.81. The summed E-state index contributed by atoms with van der Waals surface area (Å²) in [5.74, 6) is -0.427. The van der Waals surface area contributed by atoms with Crippen LogP contribution in [0.25, 0.3) is 5.70 Å². The van der Waals surface area contributed by atoms with Gasteiger partial charge < -0.3 is 4.90 Å². The lowest BCUT2D eigenvalue weighted by Crippen LogP contribution is -2.36. The molecule has 31 heavy (non-hydrogen) atoms. The van der Waals surface area contributed by atoms with Gasteiger partial charge in [0.25, 0.3) is 5.69 Å². The van der Waals surface area contributed by atoms with Crippen LogP contribution in [-0.4, -0.2) is 27.4 Å². The van der Waals surface area contributed by atoms with Gasteiger partial charge in [0.1, 0.15) is 0 Å². The molecule has 1 heterocycles. The molecule has 0 bridgehead atoms. The summed E-state index contributed by atoms with van der Waals surface area (Å²) >= 11 is 0. The van der Waals surface area contributed by atoms with Gasteiger partial charge in [0, 0.05) is 58.5 Å². The zero-order valence-electron chi connectivity index (χ0n) is 16.8. The van der Waals surface area contributed by atoms with Crippen LogP contribution >= 0.6 is 0 Å². The van der Waals surface area contributed by atoms with Crippen LogP contribution in [0.1, 0.15) is 59.5 Å². The highest BCUT2D eigenvalue weighted by Crippen LogP contribution is 2.55. The number of nitro benzene ring substituents is 1. The van der Waals surface area contributed by atoms with Crippen molar-refractivity contribution in [3.05, 3.63) is 92.2 Å². The molecule has 1 unspecified atom stereocenters. The molecule has 1 saturated carbocycles. The molecule has 6 heteroatoms. The van der Waals surface area contributed by atoms with Crippen molar-refractivity contribution in [2.24, 2.45) is 0 Å². The average molecular weight is 412 g/mol. The van der Waals surface area contributed by atoms with Crippen LogP contribution < -0.4 is 0 Å². The van der Waals surface area contributed by atoms with E-state index in [1.54, 1.807) is 12.1 Å². The van der Waals surface area contributed by atoms with Crippen LogP contribution in [0.15, 0.2) is 65.4 Å². The molecule has 0 aromatic heterocycles. The standard InChI is InChI=1S/C25H20N2O4/c28-20-7-3-6-19-22(20)21(14-8-10-16(11-9-14)27(30)31)23-24(26(19)15-12-13-15)17-4-1-2-5-18(17)25(23)29/h1-2,4-5,8-11,15,21H,3,6-7,12-13H2. The first-order valence-corrected chi connectivity index (χ1v) is 10.7. The van der Waals surface area contributed by atoms with Gasteiger partial charge in [-0.3, -0.25) is 19.7 Å². The van der Waals surface area contributed by atoms with Gasteiger partial charge in [-0.1, -0.05) is 36.4 Å². The SMILES string of the molecule is O=C1CCCC2=C1C(c1ccc([N+](=O)[O-])cc1)C1=C(c3ccccc3C1=O)N2C1CC1. The fourth-order valence-electron chi connectivity index (χ4n) is 5.37. The highest BCUT2D eigenvalue weighted by atomic mass is 16.6. The quantitative estimate of drug-likeness (QED) is 0.536. The molecule has 6 nitrogen and oxygen atoms in total. The summed E-state index contributed by atoms with van der Waals surface area (Å²) in [7, 11) is 0. The first kappa shape index (κ1) is 18.2. The van der Waals surface area contributed by atoms with Crippen molar-refractivity contribution >= 4 is 23.0 Å². The van der Waals surface area contributed by atoms with Gasteiger partial charge in [-0.25, -0.2) is 0 Å². The minimum Gasteiger partial charge on any atom is -0.341 e. The maximum atomic E-state index is 13.6. The molecule has 0 amide bonds. The smallest absolute Gasteiger partial charge is 0.269 e. The second-order valence-corrected chi connectivity index (χ2v) is 8.66. The van der Waals surface area contributed by atoms with E-state index in [1.807, 2.05) is 24.3 Å². The molecule has 0 saturated heterocycles. The van der Waals surface area contributed by atoms with Gasteiger partial charge in [0.2, 0.25) is 0 Å². The van der Waals surface area contributed by atoms with E-state index in [9.17, 15) is 19.7 Å². The third kappa shape index (κ3) is 2.57. The van der Waals surface area contributed by atoms with Crippen LogP contribution in [0.3, 0.4) is 0 Å². The first-order chi connectivity index (χ1) is 15.1. The Kier molecular flexibility index (Phi) is 3.81. The maximum absolute atomic E-state index is 13.6. The summed E-state index contributed by atoms with van der Waals surface area (Å²) in [4.78, 5) is 39.9. The topological polar surface area (TPSA) is 80.5 Å². The molecule has 1 fully saturated rings. The van der Waals surface area contributed by atoms with E-state index in [1.165, 1.54) is 12.1 Å². The Morgan fingerprint density at radius 1 is 0.903 bits per heavy atom. The highest BCUT2D eigenvalue weighted by Gasteiger charge is 2.49. The maximum Gasteiger partial charge on any atom is 0.269 e. The molecule has 1 atom stereocenters. The van der Waals surface area contributed by atoms with Crippen molar-refractivity contribution in [1.82, 2.24) is 4.90 Å². The lowest BCUT2D eigenvalue weighted by Gasteiger charge is -2.41. The number of allylic oxidation sites excluding steroid dienone is 3. The van der Waals surface area contributed by atoms with Gasteiger partial charge in [-0.2, -0.15) is 0 Å². The van der Waals surface area contributed by atoms with Crippen LogP contribution in [0, 0.1) is 10.1 Å². The number of nitrogens with zero attached hydrogens (tertiary/aromatic N) is 2. The Morgan fingerprint density at radius 2 is 1.61 bits per heavy atom. The van der Waals surface area contributed by atoms with Gasteiger partial charge in [-0.05, 0) is 31.2 Å². The van der Waals surface area contributed by atoms with E-state index in [-0.39, 0.29) is 17.3 Å². The van der Waals surface area contributed by atoms with Gasteiger partial charge in [-0.15, -0.1) is 0 Å². The van der Waals surface area contributed by atoms with E-state index in [2.05, 4.69) is 4.90 Å². The largest absolute Gasteiger partial charge is 0.341 e. The lowest BCUT2D eigenvalue weighted by molar-refractivity contribution is -0.384. The predicted molar refractivity (Wildman–Crippen MR) is 114 cm³/mol. The Balaban J connectivity index is 1.61. The van der Waals surface area contributed by atoms with E-state index in [0.29, 0.717) is 29.2 Å². The van der Waals surface area contributed by atoms with E-state index >= 15 is 0 Å².